The van der Waals surface area contributed by atoms with Crippen LogP contribution in [0.15, 0.2) is 53.0 Å². The van der Waals surface area contributed by atoms with Gasteiger partial charge < -0.3 is 17.2 Å². The Morgan fingerprint density at radius 2 is 1.94 bits per heavy atom. The molecule has 0 bridgehead atoms. The number of benzene rings is 1. The molecule has 0 aliphatic heterocycles. The maximum atomic E-state index is 13.0. The number of hydrogen-bond acceptors (Lipinski definition) is 10. The van der Waals surface area contributed by atoms with Crippen LogP contribution in [0.4, 0.5) is 5.69 Å². The first-order valence-corrected chi connectivity index (χ1v) is 12.7. The quantitative estimate of drug-likeness (QED) is 0.102. The van der Waals surface area contributed by atoms with Crippen molar-refractivity contribution in [3.63, 3.8) is 0 Å². The van der Waals surface area contributed by atoms with Crippen molar-refractivity contribution in [2.45, 2.75) is 30.1 Å². The fraction of sp³-hybridized carbons (Fsp3) is 0.286. The second kappa shape index (κ2) is 11.0. The lowest BCUT2D eigenvalue weighted by Crippen LogP contribution is -2.46. The molecule has 0 radical (unpaired) electrons. The molecule has 8 N–H and O–H groups in total. The molecule has 2 heterocycles. The van der Waals surface area contributed by atoms with Crippen molar-refractivity contribution in [1.82, 2.24) is 15.1 Å². The first-order valence-electron chi connectivity index (χ1n) is 10.4. The summed E-state index contributed by atoms with van der Waals surface area (Å²) in [5.41, 5.74) is 18.1. The minimum absolute atomic E-state index is 0.00657. The van der Waals surface area contributed by atoms with E-state index in [9.17, 15) is 18.0 Å². The Kier molecular flexibility index (Phi) is 8.30. The van der Waals surface area contributed by atoms with Gasteiger partial charge in [-0.2, -0.15) is 5.10 Å². The minimum Gasteiger partial charge on any atom is -0.321 e. The first kappa shape index (κ1) is 25.7. The molecule has 1 aromatic carbocycles. The van der Waals surface area contributed by atoms with E-state index >= 15 is 0 Å². The number of rotatable bonds is 12. The molecule has 3 aromatic rings. The van der Waals surface area contributed by atoms with E-state index in [4.69, 9.17) is 17.2 Å². The van der Waals surface area contributed by atoms with Gasteiger partial charge in [-0.15, -0.1) is 11.3 Å². The highest BCUT2D eigenvalue weighted by Crippen LogP contribution is 2.28. The number of nitrogens with zero attached hydrogens (tertiary/aromatic N) is 2. The second-order valence-corrected chi connectivity index (χ2v) is 10.2. The molecule has 13 heteroatoms. The van der Waals surface area contributed by atoms with Crippen molar-refractivity contribution in [2.75, 3.05) is 11.3 Å². The van der Waals surface area contributed by atoms with Gasteiger partial charge in [0.2, 0.25) is 11.6 Å². The molecule has 0 saturated carbocycles. The number of Topliss-reactive ketones (excluding diaryl/α,β-unsaturated/α-hetero) is 2. The molecule has 0 amide bonds. The molecule has 1 atom stereocenters. The molecule has 0 fully saturated rings. The van der Waals surface area contributed by atoms with Gasteiger partial charge in [0.05, 0.1) is 22.8 Å². The van der Waals surface area contributed by atoms with E-state index in [1.54, 1.807) is 36.3 Å². The average molecular weight is 506 g/mol. The van der Waals surface area contributed by atoms with Gasteiger partial charge in [0.15, 0.2) is 0 Å². The summed E-state index contributed by atoms with van der Waals surface area (Å²) in [6.45, 7) is 0.439. The smallest absolute Gasteiger partial charge is 0.261 e. The average Bonchev–Trinajstić information content (AvgIpc) is 3.44. The molecule has 11 nitrogen and oxygen atoms in total. The molecule has 0 aliphatic rings. The van der Waals surface area contributed by atoms with Gasteiger partial charge in [-0.1, -0.05) is 12.1 Å². The fourth-order valence-corrected chi connectivity index (χ4v) is 5.16. The van der Waals surface area contributed by atoms with Crippen LogP contribution in [0.1, 0.15) is 22.5 Å². The van der Waals surface area contributed by atoms with E-state index in [1.807, 2.05) is 0 Å². The molecule has 182 valence electrons. The van der Waals surface area contributed by atoms with Gasteiger partial charge in [0.1, 0.15) is 11.2 Å². The van der Waals surface area contributed by atoms with Gasteiger partial charge >= 0.3 is 0 Å². The Balaban J connectivity index is 1.73. The van der Waals surface area contributed by atoms with Crippen LogP contribution in [-0.2, 0) is 21.9 Å². The lowest BCUT2D eigenvalue weighted by atomic mass is 10.0. The lowest BCUT2D eigenvalue weighted by Gasteiger charge is -2.12. The summed E-state index contributed by atoms with van der Waals surface area (Å²) in [5.74, 6) is -1.63. The van der Waals surface area contributed by atoms with Crippen LogP contribution in [0.2, 0.25) is 0 Å². The normalized spacial score (nSPS) is 12.6. The van der Waals surface area contributed by atoms with E-state index in [-0.39, 0.29) is 21.9 Å². The van der Waals surface area contributed by atoms with Crippen LogP contribution in [0, 0.1) is 0 Å². The van der Waals surface area contributed by atoms with Gasteiger partial charge in [-0.25, -0.2) is 8.42 Å². The molecular formula is C21H27N7O4S2. The Bertz CT molecular complexity index is 1270. The Morgan fingerprint density at radius 3 is 2.62 bits per heavy atom. The molecule has 2 aromatic heterocycles. The molecule has 0 aliphatic carbocycles. The summed E-state index contributed by atoms with van der Waals surface area (Å²) in [6.07, 6.45) is 3.45. The maximum absolute atomic E-state index is 13.0. The number of ketones is 2. The van der Waals surface area contributed by atoms with E-state index in [1.165, 1.54) is 23.6 Å². The minimum atomic E-state index is -4.03. The number of carbonyl (C=O) groups is 2. The molecular weight excluding hydrogens is 478 g/mol. The number of aryl methyl sites for hydroxylation is 1. The predicted molar refractivity (Wildman–Crippen MR) is 130 cm³/mol. The number of carbonyl (C=O) groups excluding carboxylic acids is 2. The van der Waals surface area contributed by atoms with Gasteiger partial charge in [0.25, 0.3) is 10.0 Å². The monoisotopic (exact) mass is 505 g/mol. The highest BCUT2D eigenvalue weighted by atomic mass is 32.2. The van der Waals surface area contributed by atoms with E-state index < -0.39 is 33.9 Å². The van der Waals surface area contributed by atoms with E-state index in [2.05, 4.69) is 15.1 Å². The number of aromatic nitrogens is 2. The zero-order valence-electron chi connectivity index (χ0n) is 18.5. The number of sulfonamides is 1. The molecule has 3 rings (SSSR count). The second-order valence-electron chi connectivity index (χ2n) is 7.62. The van der Waals surface area contributed by atoms with Crippen molar-refractivity contribution in [3.05, 3.63) is 53.0 Å². The van der Waals surface area contributed by atoms with Crippen molar-refractivity contribution < 1.29 is 18.0 Å². The van der Waals surface area contributed by atoms with Gasteiger partial charge in [0, 0.05) is 18.8 Å². The summed E-state index contributed by atoms with van der Waals surface area (Å²) >= 11 is 0.965. The third kappa shape index (κ3) is 6.34. The highest BCUT2D eigenvalue weighted by Gasteiger charge is 2.28. The Hall–Kier alpha value is -2.94. The van der Waals surface area contributed by atoms with Crippen LogP contribution in [0.25, 0.3) is 11.1 Å². The lowest BCUT2D eigenvalue weighted by molar-refractivity contribution is -0.116. The van der Waals surface area contributed by atoms with E-state index in [0.717, 1.165) is 16.9 Å². The van der Waals surface area contributed by atoms with E-state index in [0.29, 0.717) is 18.5 Å². The van der Waals surface area contributed by atoms with Crippen molar-refractivity contribution in [3.8, 4) is 11.1 Å². The van der Waals surface area contributed by atoms with Gasteiger partial charge in [-0.3, -0.25) is 24.3 Å². The molecule has 0 saturated heterocycles. The zero-order chi connectivity index (χ0) is 24.9. The SMILES string of the molecule is Cn1cc(-c2cccc(S(=O)(=O)Nc3ccsc3C(=O)C(=O)[C@@H](N)CCCNC(N)N)c2)cn1. The van der Waals surface area contributed by atoms with Gasteiger partial charge in [-0.05, 0) is 48.5 Å². The third-order valence-corrected chi connectivity index (χ3v) is 7.21. The van der Waals surface area contributed by atoms with Crippen molar-refractivity contribution >= 4 is 38.6 Å². The summed E-state index contributed by atoms with van der Waals surface area (Å²) < 4.78 is 30.1. The number of nitrogens with two attached hydrogens (primary N) is 3. The van der Waals surface area contributed by atoms with Crippen molar-refractivity contribution in [1.29, 1.82) is 0 Å². The van der Waals surface area contributed by atoms with Crippen LogP contribution in [-0.4, -0.2) is 48.6 Å². The zero-order valence-corrected chi connectivity index (χ0v) is 20.1. The molecule has 0 spiro atoms. The predicted octanol–water partition coefficient (Wildman–Crippen LogP) is 0.599. The maximum Gasteiger partial charge on any atom is 0.261 e. The van der Waals surface area contributed by atoms with Crippen LogP contribution in [0.5, 0.6) is 0 Å². The highest BCUT2D eigenvalue weighted by molar-refractivity contribution is 7.92. The summed E-state index contributed by atoms with van der Waals surface area (Å²) in [7, 11) is -2.27. The number of nitrogens with one attached hydrogen (secondary N) is 2. The van der Waals surface area contributed by atoms with Crippen molar-refractivity contribution in [2.24, 2.45) is 24.2 Å². The number of thiophene rings is 1. The summed E-state index contributed by atoms with van der Waals surface area (Å²) in [4.78, 5) is 25.3. The summed E-state index contributed by atoms with van der Waals surface area (Å²) in [5, 5.41) is 8.41. The summed E-state index contributed by atoms with van der Waals surface area (Å²) in [6, 6.07) is 6.75. The largest absolute Gasteiger partial charge is 0.321 e. The number of anilines is 1. The first-order chi connectivity index (χ1) is 16.1. The Labute approximate surface area is 201 Å². The van der Waals surface area contributed by atoms with Crippen LogP contribution < -0.4 is 27.2 Å². The molecule has 0 unspecified atom stereocenters. The number of hydrogen-bond donors (Lipinski definition) is 5. The Morgan fingerprint density at radius 1 is 1.18 bits per heavy atom. The van der Waals surface area contributed by atoms with Crippen LogP contribution >= 0.6 is 11.3 Å². The topological polar surface area (TPSA) is 188 Å². The standard InChI is InChI=1S/C21H27N7O4S2/c1-28-12-14(11-26-28)13-4-2-5-15(10-13)34(31,32)27-17-7-9-33-20(17)19(30)18(29)16(22)6-3-8-25-21(23)24/h2,4-5,7,9-12,16,21,25,27H,3,6,8,22-24H2,1H3/t16-/m0/s1. The molecule has 34 heavy (non-hydrogen) atoms. The fourth-order valence-electron chi connectivity index (χ4n) is 3.18. The third-order valence-electron chi connectivity index (χ3n) is 4.93. The van der Waals surface area contributed by atoms with Crippen LogP contribution in [0.3, 0.4) is 0 Å².